The van der Waals surface area contributed by atoms with Gasteiger partial charge in [0.05, 0.1) is 12.2 Å². The molecule has 0 fully saturated rings. The van der Waals surface area contributed by atoms with Gasteiger partial charge in [-0.25, -0.2) is 0 Å². The molecule has 0 heterocycles. The summed E-state index contributed by atoms with van der Waals surface area (Å²) in [6.45, 7) is 2.27. The fourth-order valence-electron chi connectivity index (χ4n) is 0.544. The first-order valence-electron chi connectivity index (χ1n) is 3.46. The Kier molecular flexibility index (Phi) is 3.86. The van der Waals surface area contributed by atoms with Gasteiger partial charge in [-0.2, -0.15) is 0 Å². The molecule has 0 aliphatic rings. The van der Waals surface area contributed by atoms with Crippen LogP contribution in [0.3, 0.4) is 0 Å². The van der Waals surface area contributed by atoms with E-state index in [1.54, 1.807) is 6.92 Å². The van der Waals surface area contributed by atoms with Crippen molar-refractivity contribution in [2.75, 3.05) is 27.2 Å². The van der Waals surface area contributed by atoms with E-state index in [4.69, 9.17) is 5.11 Å². The van der Waals surface area contributed by atoms with Crippen LogP contribution in [0.2, 0.25) is 0 Å². The molecular weight excluding hydrogens is 130 g/mol. The zero-order valence-electron chi connectivity index (χ0n) is 6.96. The molecule has 0 amide bonds. The van der Waals surface area contributed by atoms with Crippen LogP contribution in [0.5, 0.6) is 0 Å². The van der Waals surface area contributed by atoms with Crippen LogP contribution < -0.4 is 0 Å². The van der Waals surface area contributed by atoms with Gasteiger partial charge < -0.3 is 15.1 Å². The fourth-order valence-corrected chi connectivity index (χ4v) is 0.544. The maximum atomic E-state index is 9.30. The molecular formula is C7H17NO2. The smallest absolute Gasteiger partial charge is 0.0861 e. The van der Waals surface area contributed by atoms with E-state index in [0.29, 0.717) is 6.42 Å². The average molecular weight is 147 g/mol. The maximum Gasteiger partial charge on any atom is 0.0861 e. The molecule has 1 unspecified atom stereocenters. The standard InChI is InChI=1S/C7H17NO2/c1-7(10,6-9)4-5-8(2)3/h9-10H,4-6H2,1-3H3. The van der Waals surface area contributed by atoms with E-state index in [2.05, 4.69) is 0 Å². The van der Waals surface area contributed by atoms with Crippen molar-refractivity contribution in [3.8, 4) is 0 Å². The van der Waals surface area contributed by atoms with Gasteiger partial charge in [-0.15, -0.1) is 0 Å². The second-order valence-corrected chi connectivity index (χ2v) is 3.21. The summed E-state index contributed by atoms with van der Waals surface area (Å²) in [6, 6.07) is 0. The van der Waals surface area contributed by atoms with Gasteiger partial charge in [0.15, 0.2) is 0 Å². The molecule has 0 saturated carbocycles. The molecule has 0 radical (unpaired) electrons. The minimum Gasteiger partial charge on any atom is -0.393 e. The van der Waals surface area contributed by atoms with Crippen LogP contribution in [0.15, 0.2) is 0 Å². The molecule has 0 aliphatic carbocycles. The Morgan fingerprint density at radius 2 is 1.90 bits per heavy atom. The molecule has 0 aromatic rings. The van der Waals surface area contributed by atoms with E-state index in [1.807, 2.05) is 19.0 Å². The number of aliphatic hydroxyl groups excluding tert-OH is 1. The highest BCUT2D eigenvalue weighted by Crippen LogP contribution is 2.07. The van der Waals surface area contributed by atoms with Crippen molar-refractivity contribution in [1.29, 1.82) is 0 Å². The van der Waals surface area contributed by atoms with Crippen molar-refractivity contribution in [1.82, 2.24) is 4.90 Å². The predicted molar refractivity (Wildman–Crippen MR) is 40.9 cm³/mol. The molecule has 0 spiro atoms. The fraction of sp³-hybridized carbons (Fsp3) is 1.00. The first-order chi connectivity index (χ1) is 4.48. The van der Waals surface area contributed by atoms with Crippen molar-refractivity contribution in [2.45, 2.75) is 18.9 Å². The molecule has 3 nitrogen and oxygen atoms in total. The van der Waals surface area contributed by atoms with E-state index in [1.165, 1.54) is 0 Å². The number of nitrogens with zero attached hydrogens (tertiary/aromatic N) is 1. The summed E-state index contributed by atoms with van der Waals surface area (Å²) in [5.41, 5.74) is -0.912. The zero-order valence-corrected chi connectivity index (χ0v) is 6.96. The average Bonchev–Trinajstić information content (AvgIpc) is 1.85. The lowest BCUT2D eigenvalue weighted by Gasteiger charge is -2.22. The third-order valence-corrected chi connectivity index (χ3v) is 1.44. The van der Waals surface area contributed by atoms with Crippen molar-refractivity contribution >= 4 is 0 Å². The molecule has 10 heavy (non-hydrogen) atoms. The molecule has 0 aromatic heterocycles. The van der Waals surface area contributed by atoms with Crippen molar-refractivity contribution < 1.29 is 10.2 Å². The van der Waals surface area contributed by atoms with E-state index >= 15 is 0 Å². The molecule has 1 atom stereocenters. The van der Waals surface area contributed by atoms with Gasteiger partial charge in [-0.1, -0.05) is 0 Å². The third-order valence-electron chi connectivity index (χ3n) is 1.44. The minimum atomic E-state index is -0.912. The zero-order chi connectivity index (χ0) is 8.20. The van der Waals surface area contributed by atoms with Crippen LogP contribution in [-0.2, 0) is 0 Å². The van der Waals surface area contributed by atoms with E-state index in [-0.39, 0.29) is 6.61 Å². The van der Waals surface area contributed by atoms with Crippen LogP contribution >= 0.6 is 0 Å². The molecule has 0 aromatic carbocycles. The van der Waals surface area contributed by atoms with Gasteiger partial charge >= 0.3 is 0 Å². The summed E-state index contributed by atoms with van der Waals surface area (Å²) in [5.74, 6) is 0. The second-order valence-electron chi connectivity index (χ2n) is 3.21. The summed E-state index contributed by atoms with van der Waals surface area (Å²) in [6.07, 6.45) is 0.608. The molecule has 2 N–H and O–H groups in total. The molecule has 0 rings (SSSR count). The van der Waals surface area contributed by atoms with Gasteiger partial charge in [-0.05, 0) is 27.4 Å². The summed E-state index contributed by atoms with van der Waals surface area (Å²) >= 11 is 0. The Morgan fingerprint density at radius 1 is 1.40 bits per heavy atom. The van der Waals surface area contributed by atoms with Gasteiger partial charge in [0.2, 0.25) is 0 Å². The van der Waals surface area contributed by atoms with Gasteiger partial charge in [-0.3, -0.25) is 0 Å². The lowest BCUT2D eigenvalue weighted by atomic mass is 10.0. The number of rotatable bonds is 4. The highest BCUT2D eigenvalue weighted by molar-refractivity contribution is 4.71. The Labute approximate surface area is 62.3 Å². The van der Waals surface area contributed by atoms with Crippen LogP contribution in [0.1, 0.15) is 13.3 Å². The topological polar surface area (TPSA) is 43.7 Å². The Hall–Kier alpha value is -0.120. The van der Waals surface area contributed by atoms with E-state index in [9.17, 15) is 5.11 Å². The van der Waals surface area contributed by atoms with Gasteiger partial charge in [0.25, 0.3) is 0 Å². The van der Waals surface area contributed by atoms with Crippen molar-refractivity contribution in [2.24, 2.45) is 0 Å². The largest absolute Gasteiger partial charge is 0.393 e. The molecule has 0 aliphatic heterocycles. The normalized spacial score (nSPS) is 17.4. The molecule has 3 heteroatoms. The van der Waals surface area contributed by atoms with Crippen molar-refractivity contribution in [3.63, 3.8) is 0 Å². The van der Waals surface area contributed by atoms with Gasteiger partial charge in [0.1, 0.15) is 0 Å². The van der Waals surface area contributed by atoms with Crippen molar-refractivity contribution in [3.05, 3.63) is 0 Å². The first-order valence-corrected chi connectivity index (χ1v) is 3.46. The quantitative estimate of drug-likeness (QED) is 0.573. The van der Waals surface area contributed by atoms with Crippen LogP contribution in [0.4, 0.5) is 0 Å². The van der Waals surface area contributed by atoms with Gasteiger partial charge in [0, 0.05) is 6.54 Å². The number of aliphatic hydroxyl groups is 2. The van der Waals surface area contributed by atoms with Crippen LogP contribution in [0.25, 0.3) is 0 Å². The molecule has 0 saturated heterocycles. The monoisotopic (exact) mass is 147 g/mol. The Morgan fingerprint density at radius 3 is 2.20 bits per heavy atom. The Bertz CT molecular complexity index is 91.6. The highest BCUT2D eigenvalue weighted by Gasteiger charge is 2.17. The molecule has 0 bridgehead atoms. The van der Waals surface area contributed by atoms with Crippen LogP contribution in [-0.4, -0.2) is 48.0 Å². The van der Waals surface area contributed by atoms with Crippen LogP contribution in [0, 0.1) is 0 Å². The summed E-state index contributed by atoms with van der Waals surface area (Å²) in [5, 5.41) is 17.9. The lowest BCUT2D eigenvalue weighted by molar-refractivity contribution is -0.00936. The summed E-state index contributed by atoms with van der Waals surface area (Å²) in [7, 11) is 3.88. The predicted octanol–water partition coefficient (Wildman–Crippen LogP) is -0.319. The molecule has 62 valence electrons. The van der Waals surface area contributed by atoms with E-state index < -0.39 is 5.60 Å². The SMILES string of the molecule is CN(C)CCC(C)(O)CO. The lowest BCUT2D eigenvalue weighted by Crippen LogP contribution is -2.33. The summed E-state index contributed by atoms with van der Waals surface area (Å²) in [4.78, 5) is 1.98. The second kappa shape index (κ2) is 3.91. The maximum absolute atomic E-state index is 9.30. The summed E-state index contributed by atoms with van der Waals surface area (Å²) < 4.78 is 0. The number of hydrogen-bond acceptors (Lipinski definition) is 3. The van der Waals surface area contributed by atoms with E-state index in [0.717, 1.165) is 6.54 Å². The third kappa shape index (κ3) is 4.73. The first kappa shape index (κ1) is 9.88. The Balaban J connectivity index is 3.46. The minimum absolute atomic E-state index is 0.166. The number of hydrogen-bond donors (Lipinski definition) is 2. The highest BCUT2D eigenvalue weighted by atomic mass is 16.3.